The number of hydrogen-bond acceptors (Lipinski definition) is 7. The Morgan fingerprint density at radius 1 is 0.923 bits per heavy atom. The van der Waals surface area contributed by atoms with Crippen LogP contribution in [0.15, 0.2) is 83.8 Å². The Labute approximate surface area is 227 Å². The summed E-state index contributed by atoms with van der Waals surface area (Å²) in [5, 5.41) is 2.71. The number of nitrogens with zero attached hydrogens (tertiary/aromatic N) is 2. The summed E-state index contributed by atoms with van der Waals surface area (Å²) in [6.07, 6.45) is 3.38. The first kappa shape index (κ1) is 26.5. The third-order valence-corrected chi connectivity index (χ3v) is 8.42. The molecule has 39 heavy (non-hydrogen) atoms. The third-order valence-electron chi connectivity index (χ3n) is 6.60. The maximum Gasteiger partial charge on any atom is 0.331 e. The maximum absolute atomic E-state index is 13.1. The molecule has 1 saturated heterocycles. The average molecular weight is 548 g/mol. The molecular formula is C29H29N3O6S. The Hall–Kier alpha value is -4.15. The standard InChI is InChI=1S/C29H29N3O6S/c33-28(30-24-8-10-25(11-9-24)31-17-19-37-20-18-31)21-38-29(34)14-7-22-5-12-26(13-6-22)39(35,36)32-16-15-23-3-1-2-4-27(23)32/h1-14H,15-21H2,(H,30,33). The van der Waals surface area contributed by atoms with Crippen molar-refractivity contribution >= 4 is 45.0 Å². The van der Waals surface area contributed by atoms with Crippen LogP contribution in [0, 0.1) is 0 Å². The van der Waals surface area contributed by atoms with Crippen molar-refractivity contribution < 1.29 is 27.5 Å². The fraction of sp³-hybridized carbons (Fsp3) is 0.241. The topological polar surface area (TPSA) is 105 Å². The minimum absolute atomic E-state index is 0.175. The molecule has 0 aromatic heterocycles. The zero-order chi connectivity index (χ0) is 27.2. The van der Waals surface area contributed by atoms with Crippen LogP contribution in [-0.2, 0) is 35.5 Å². The largest absolute Gasteiger partial charge is 0.452 e. The van der Waals surface area contributed by atoms with Crippen LogP contribution < -0.4 is 14.5 Å². The third kappa shape index (κ3) is 6.30. The van der Waals surface area contributed by atoms with Crippen molar-refractivity contribution in [2.45, 2.75) is 11.3 Å². The first-order chi connectivity index (χ1) is 18.9. The van der Waals surface area contributed by atoms with Crippen molar-refractivity contribution in [1.82, 2.24) is 0 Å². The number of carbonyl (C=O) groups is 2. The predicted octanol–water partition coefficient (Wildman–Crippen LogP) is 3.47. The molecule has 5 rings (SSSR count). The normalized spacial score (nSPS) is 15.3. The first-order valence-corrected chi connectivity index (χ1v) is 14.1. The van der Waals surface area contributed by atoms with E-state index in [9.17, 15) is 18.0 Å². The number of esters is 1. The summed E-state index contributed by atoms with van der Waals surface area (Å²) in [7, 11) is -3.69. The van der Waals surface area contributed by atoms with Gasteiger partial charge in [-0.25, -0.2) is 13.2 Å². The fourth-order valence-corrected chi connectivity index (χ4v) is 6.06. The van der Waals surface area contributed by atoms with Crippen LogP contribution in [0.25, 0.3) is 6.08 Å². The molecule has 10 heteroatoms. The van der Waals surface area contributed by atoms with Crippen LogP contribution >= 0.6 is 0 Å². The van der Waals surface area contributed by atoms with Gasteiger partial charge in [-0.15, -0.1) is 0 Å². The highest BCUT2D eigenvalue weighted by atomic mass is 32.2. The molecule has 3 aromatic rings. The molecule has 0 radical (unpaired) electrons. The van der Waals surface area contributed by atoms with E-state index in [1.54, 1.807) is 24.3 Å². The number of para-hydroxylation sites is 1. The zero-order valence-electron chi connectivity index (χ0n) is 21.3. The Balaban J connectivity index is 1.10. The number of rotatable bonds is 8. The van der Waals surface area contributed by atoms with Crippen LogP contribution in [0.3, 0.4) is 0 Å². The number of nitrogens with one attached hydrogen (secondary N) is 1. The molecular weight excluding hydrogens is 518 g/mol. The molecule has 0 unspecified atom stereocenters. The number of benzene rings is 3. The van der Waals surface area contributed by atoms with Crippen LogP contribution in [0.5, 0.6) is 0 Å². The van der Waals surface area contributed by atoms with E-state index in [2.05, 4.69) is 10.2 Å². The van der Waals surface area contributed by atoms with Gasteiger partial charge in [0.25, 0.3) is 15.9 Å². The summed E-state index contributed by atoms with van der Waals surface area (Å²) in [6.45, 7) is 3.02. The molecule has 9 nitrogen and oxygen atoms in total. The Bertz CT molecular complexity index is 1460. The highest BCUT2D eigenvalue weighted by Gasteiger charge is 2.30. The van der Waals surface area contributed by atoms with Gasteiger partial charge in [0.1, 0.15) is 0 Å². The van der Waals surface area contributed by atoms with E-state index in [1.807, 2.05) is 36.4 Å². The predicted molar refractivity (Wildman–Crippen MR) is 149 cm³/mol. The van der Waals surface area contributed by atoms with E-state index in [0.717, 1.165) is 24.3 Å². The molecule has 0 atom stereocenters. The Kier molecular flexibility index (Phi) is 7.94. The molecule has 3 aromatic carbocycles. The zero-order valence-corrected chi connectivity index (χ0v) is 22.1. The molecule has 2 aliphatic rings. The van der Waals surface area contributed by atoms with Gasteiger partial charge in [0.15, 0.2) is 6.61 Å². The van der Waals surface area contributed by atoms with Gasteiger partial charge in [-0.3, -0.25) is 9.10 Å². The van der Waals surface area contributed by atoms with Crippen molar-refractivity contribution in [2.24, 2.45) is 0 Å². The van der Waals surface area contributed by atoms with E-state index in [1.165, 1.54) is 28.6 Å². The van der Waals surface area contributed by atoms with E-state index >= 15 is 0 Å². The molecule has 0 bridgehead atoms. The van der Waals surface area contributed by atoms with Crippen LogP contribution in [0.1, 0.15) is 11.1 Å². The van der Waals surface area contributed by atoms with Crippen LogP contribution in [0.4, 0.5) is 17.1 Å². The summed E-state index contributed by atoms with van der Waals surface area (Å²) in [5.41, 5.74) is 4.00. The van der Waals surface area contributed by atoms with E-state index in [4.69, 9.17) is 9.47 Å². The van der Waals surface area contributed by atoms with Gasteiger partial charge < -0.3 is 19.7 Å². The van der Waals surface area contributed by atoms with Crippen molar-refractivity contribution in [3.63, 3.8) is 0 Å². The molecule has 1 amide bonds. The lowest BCUT2D eigenvalue weighted by Gasteiger charge is -2.28. The van der Waals surface area contributed by atoms with Gasteiger partial charge in [0.05, 0.1) is 23.8 Å². The SMILES string of the molecule is O=C(COC(=O)C=Cc1ccc(S(=O)(=O)N2CCc3ccccc32)cc1)Nc1ccc(N2CCOCC2)cc1. The molecule has 0 aliphatic carbocycles. The number of fused-ring (bicyclic) bond motifs is 1. The monoisotopic (exact) mass is 547 g/mol. The summed E-state index contributed by atoms with van der Waals surface area (Å²) in [6, 6.07) is 21.2. The van der Waals surface area contributed by atoms with E-state index in [0.29, 0.717) is 43.1 Å². The summed E-state index contributed by atoms with van der Waals surface area (Å²) in [5.74, 6) is -1.13. The number of morpholine rings is 1. The summed E-state index contributed by atoms with van der Waals surface area (Å²) in [4.78, 5) is 26.7. The van der Waals surface area contributed by atoms with Gasteiger partial charge in [-0.2, -0.15) is 0 Å². The number of sulfonamides is 1. The summed E-state index contributed by atoms with van der Waals surface area (Å²) < 4.78 is 38.1. The van der Waals surface area contributed by atoms with Crippen LogP contribution in [0.2, 0.25) is 0 Å². The first-order valence-electron chi connectivity index (χ1n) is 12.7. The fourth-order valence-electron chi connectivity index (χ4n) is 4.56. The lowest BCUT2D eigenvalue weighted by molar-refractivity contribution is -0.142. The molecule has 0 saturated carbocycles. The number of amides is 1. The minimum atomic E-state index is -3.69. The smallest absolute Gasteiger partial charge is 0.331 e. The summed E-state index contributed by atoms with van der Waals surface area (Å²) >= 11 is 0. The Morgan fingerprint density at radius 2 is 1.64 bits per heavy atom. The van der Waals surface area contributed by atoms with Crippen LogP contribution in [-0.4, -0.2) is 59.7 Å². The molecule has 0 spiro atoms. The van der Waals surface area contributed by atoms with Crippen molar-refractivity contribution in [3.05, 3.63) is 90.0 Å². The van der Waals surface area contributed by atoms with E-state index in [-0.39, 0.29) is 4.90 Å². The lowest BCUT2D eigenvalue weighted by Crippen LogP contribution is -2.36. The van der Waals surface area contributed by atoms with Crippen molar-refractivity contribution in [1.29, 1.82) is 0 Å². The second-order valence-corrected chi connectivity index (χ2v) is 11.0. The quantitative estimate of drug-likeness (QED) is 0.340. The van der Waals surface area contributed by atoms with E-state index < -0.39 is 28.5 Å². The lowest BCUT2D eigenvalue weighted by atomic mass is 10.2. The van der Waals surface area contributed by atoms with Crippen molar-refractivity contribution in [3.8, 4) is 0 Å². The molecule has 202 valence electrons. The molecule has 1 fully saturated rings. The van der Waals surface area contributed by atoms with Gasteiger partial charge in [-0.1, -0.05) is 30.3 Å². The number of hydrogen-bond donors (Lipinski definition) is 1. The molecule has 2 heterocycles. The molecule has 1 N–H and O–H groups in total. The van der Waals surface area contributed by atoms with Gasteiger partial charge in [0.2, 0.25) is 0 Å². The second-order valence-electron chi connectivity index (χ2n) is 9.16. The second kappa shape index (κ2) is 11.7. The number of anilines is 3. The molecule has 2 aliphatic heterocycles. The maximum atomic E-state index is 13.1. The van der Waals surface area contributed by atoms with Gasteiger partial charge in [0, 0.05) is 37.1 Å². The highest BCUT2D eigenvalue weighted by molar-refractivity contribution is 7.92. The number of carbonyl (C=O) groups excluding carboxylic acids is 2. The number of ether oxygens (including phenoxy) is 2. The Morgan fingerprint density at radius 3 is 2.38 bits per heavy atom. The van der Waals surface area contributed by atoms with Gasteiger partial charge in [-0.05, 0) is 66.1 Å². The minimum Gasteiger partial charge on any atom is -0.452 e. The van der Waals surface area contributed by atoms with Crippen molar-refractivity contribution in [2.75, 3.05) is 54.0 Å². The van der Waals surface area contributed by atoms with Gasteiger partial charge >= 0.3 is 5.97 Å². The average Bonchev–Trinajstić information content (AvgIpc) is 3.41. The highest BCUT2D eigenvalue weighted by Crippen LogP contribution is 2.32.